The highest BCUT2D eigenvalue weighted by Gasteiger charge is 2.13. The van der Waals surface area contributed by atoms with Crippen molar-refractivity contribution >= 4 is 23.3 Å². The summed E-state index contributed by atoms with van der Waals surface area (Å²) in [4.78, 5) is 20.8. The van der Waals surface area contributed by atoms with Crippen molar-refractivity contribution in [3.63, 3.8) is 0 Å². The first-order valence-corrected chi connectivity index (χ1v) is 6.02. The largest absolute Gasteiger partial charge is 0.489 e. The second-order valence-electron chi connectivity index (χ2n) is 3.52. The highest BCUT2D eigenvalue weighted by molar-refractivity contribution is 7.07. The number of benzene rings is 1. The zero-order valence-electron chi connectivity index (χ0n) is 9.24. The van der Waals surface area contributed by atoms with E-state index in [1.54, 1.807) is 11.3 Å². The van der Waals surface area contributed by atoms with E-state index in [2.05, 4.69) is 0 Å². The molecule has 0 saturated heterocycles. The normalized spacial score (nSPS) is 10.0. The van der Waals surface area contributed by atoms with Crippen LogP contribution in [0.3, 0.4) is 0 Å². The Morgan fingerprint density at radius 1 is 1.39 bits per heavy atom. The molecule has 92 valence electrons. The highest BCUT2D eigenvalue weighted by Crippen LogP contribution is 2.23. The van der Waals surface area contributed by atoms with Gasteiger partial charge in [0.05, 0.1) is 10.5 Å². The second-order valence-corrected chi connectivity index (χ2v) is 4.30. The van der Waals surface area contributed by atoms with Crippen molar-refractivity contribution in [3.8, 4) is 5.75 Å². The number of hydrogen-bond acceptors (Lipinski definition) is 5. The molecular formula is C12H9NO4S. The van der Waals surface area contributed by atoms with E-state index in [0.717, 1.165) is 5.56 Å². The van der Waals surface area contributed by atoms with Crippen molar-refractivity contribution in [3.05, 3.63) is 56.3 Å². The van der Waals surface area contributed by atoms with Gasteiger partial charge in [-0.1, -0.05) is 0 Å². The third kappa shape index (κ3) is 2.72. The third-order valence-electron chi connectivity index (χ3n) is 2.31. The van der Waals surface area contributed by atoms with E-state index in [0.29, 0.717) is 18.6 Å². The fourth-order valence-corrected chi connectivity index (χ4v) is 2.08. The second kappa shape index (κ2) is 5.42. The lowest BCUT2D eigenvalue weighted by Crippen LogP contribution is -1.97. The molecule has 6 heteroatoms. The van der Waals surface area contributed by atoms with Crippen LogP contribution in [0.1, 0.15) is 15.9 Å². The van der Waals surface area contributed by atoms with Crippen molar-refractivity contribution in [2.24, 2.45) is 0 Å². The van der Waals surface area contributed by atoms with E-state index in [4.69, 9.17) is 4.74 Å². The van der Waals surface area contributed by atoms with Crippen molar-refractivity contribution in [1.29, 1.82) is 0 Å². The molecule has 0 spiro atoms. The van der Waals surface area contributed by atoms with Crippen LogP contribution in [0.5, 0.6) is 5.75 Å². The molecule has 0 radical (unpaired) electrons. The molecule has 1 aromatic heterocycles. The number of nitro benzene ring substituents is 1. The molecule has 2 aromatic rings. The van der Waals surface area contributed by atoms with Gasteiger partial charge in [-0.3, -0.25) is 14.9 Å². The van der Waals surface area contributed by atoms with E-state index >= 15 is 0 Å². The fourth-order valence-electron chi connectivity index (χ4n) is 1.42. The third-order valence-corrected chi connectivity index (χ3v) is 3.04. The van der Waals surface area contributed by atoms with Crippen LogP contribution in [0.15, 0.2) is 35.0 Å². The zero-order chi connectivity index (χ0) is 13.0. The molecule has 0 bridgehead atoms. The summed E-state index contributed by atoms with van der Waals surface area (Å²) in [6.45, 7) is 0.375. The molecule has 0 aliphatic carbocycles. The van der Waals surface area contributed by atoms with Gasteiger partial charge in [0, 0.05) is 6.07 Å². The summed E-state index contributed by atoms with van der Waals surface area (Å²) in [6, 6.07) is 6.05. The van der Waals surface area contributed by atoms with E-state index in [1.807, 2.05) is 16.8 Å². The van der Waals surface area contributed by atoms with Crippen LogP contribution >= 0.6 is 11.3 Å². The number of nitro groups is 1. The van der Waals surface area contributed by atoms with Crippen molar-refractivity contribution in [2.45, 2.75) is 6.61 Å². The van der Waals surface area contributed by atoms with Crippen LogP contribution in [0.2, 0.25) is 0 Å². The molecule has 0 aliphatic rings. The predicted molar refractivity (Wildman–Crippen MR) is 67.1 cm³/mol. The van der Waals surface area contributed by atoms with E-state index in [-0.39, 0.29) is 11.3 Å². The molecule has 1 aromatic carbocycles. The van der Waals surface area contributed by atoms with Gasteiger partial charge in [0.25, 0.3) is 5.69 Å². The summed E-state index contributed by atoms with van der Waals surface area (Å²) >= 11 is 1.56. The number of rotatable bonds is 5. The van der Waals surface area contributed by atoms with Crippen molar-refractivity contribution in [2.75, 3.05) is 0 Å². The number of ether oxygens (including phenoxy) is 1. The summed E-state index contributed by atoms with van der Waals surface area (Å²) in [7, 11) is 0. The van der Waals surface area contributed by atoms with Gasteiger partial charge in [0.2, 0.25) is 0 Å². The maximum Gasteiger partial charge on any atom is 0.280 e. The average Bonchev–Trinajstić information content (AvgIpc) is 2.88. The van der Waals surface area contributed by atoms with Gasteiger partial charge in [-0.2, -0.15) is 11.3 Å². The number of carbonyl (C=O) groups is 1. The summed E-state index contributed by atoms with van der Waals surface area (Å²) in [5.74, 6) is 0.439. The minimum atomic E-state index is -0.591. The van der Waals surface area contributed by atoms with Gasteiger partial charge < -0.3 is 4.74 Å². The number of carbonyl (C=O) groups excluding carboxylic acids is 1. The first-order valence-electron chi connectivity index (χ1n) is 5.08. The van der Waals surface area contributed by atoms with Crippen LogP contribution in [0.4, 0.5) is 5.69 Å². The predicted octanol–water partition coefficient (Wildman–Crippen LogP) is 3.05. The minimum Gasteiger partial charge on any atom is -0.489 e. The van der Waals surface area contributed by atoms with Gasteiger partial charge >= 0.3 is 0 Å². The SMILES string of the molecule is O=Cc1cc(OCc2ccsc2)ccc1[N+](=O)[O-]. The Morgan fingerprint density at radius 3 is 2.83 bits per heavy atom. The van der Waals surface area contributed by atoms with Gasteiger partial charge in [0.15, 0.2) is 6.29 Å². The molecule has 2 rings (SSSR count). The molecule has 0 amide bonds. The number of thiophene rings is 1. The van der Waals surface area contributed by atoms with Crippen molar-refractivity contribution < 1.29 is 14.5 Å². The number of hydrogen-bond donors (Lipinski definition) is 0. The molecular weight excluding hydrogens is 254 g/mol. The summed E-state index contributed by atoms with van der Waals surface area (Å²) < 4.78 is 5.45. The fraction of sp³-hybridized carbons (Fsp3) is 0.0833. The molecule has 1 heterocycles. The van der Waals surface area contributed by atoms with Crippen LogP contribution in [-0.2, 0) is 6.61 Å². The molecule has 0 atom stereocenters. The molecule has 18 heavy (non-hydrogen) atoms. The number of aldehydes is 1. The Bertz CT molecular complexity index is 565. The molecule has 5 nitrogen and oxygen atoms in total. The molecule has 0 fully saturated rings. The molecule has 0 saturated carbocycles. The minimum absolute atomic E-state index is 0.0165. The van der Waals surface area contributed by atoms with E-state index in [1.165, 1.54) is 18.2 Å². The maximum atomic E-state index is 10.8. The van der Waals surface area contributed by atoms with E-state index < -0.39 is 4.92 Å². The summed E-state index contributed by atoms with van der Waals surface area (Å²) in [6.07, 6.45) is 0.454. The Labute approximate surface area is 107 Å². The highest BCUT2D eigenvalue weighted by atomic mass is 32.1. The summed E-state index contributed by atoms with van der Waals surface area (Å²) in [5, 5.41) is 14.5. The number of nitrogens with zero attached hydrogens (tertiary/aromatic N) is 1. The maximum absolute atomic E-state index is 10.8. The van der Waals surface area contributed by atoms with E-state index in [9.17, 15) is 14.9 Å². The quantitative estimate of drug-likeness (QED) is 0.472. The lowest BCUT2D eigenvalue weighted by Gasteiger charge is -2.05. The molecule has 0 N–H and O–H groups in total. The smallest absolute Gasteiger partial charge is 0.280 e. The Balaban J connectivity index is 2.14. The van der Waals surface area contributed by atoms with Crippen LogP contribution < -0.4 is 4.74 Å². The van der Waals surface area contributed by atoms with Crippen LogP contribution in [-0.4, -0.2) is 11.2 Å². The standard InChI is InChI=1S/C12H9NO4S/c14-6-10-5-11(1-2-12(10)13(15)16)17-7-9-3-4-18-8-9/h1-6,8H,7H2. The molecule has 0 unspecified atom stereocenters. The monoisotopic (exact) mass is 263 g/mol. The Morgan fingerprint density at radius 2 is 2.22 bits per heavy atom. The summed E-state index contributed by atoms with van der Waals surface area (Å²) in [5.41, 5.74) is 0.821. The Kier molecular flexibility index (Phi) is 3.69. The van der Waals surface area contributed by atoms with Gasteiger partial charge in [0.1, 0.15) is 12.4 Å². The van der Waals surface area contributed by atoms with Crippen LogP contribution in [0, 0.1) is 10.1 Å². The van der Waals surface area contributed by atoms with Gasteiger partial charge in [-0.15, -0.1) is 0 Å². The Hall–Kier alpha value is -2.21. The average molecular weight is 263 g/mol. The van der Waals surface area contributed by atoms with Gasteiger partial charge in [-0.25, -0.2) is 0 Å². The molecule has 0 aliphatic heterocycles. The zero-order valence-corrected chi connectivity index (χ0v) is 10.1. The topological polar surface area (TPSA) is 69.4 Å². The lowest BCUT2D eigenvalue weighted by atomic mass is 10.2. The van der Waals surface area contributed by atoms with Crippen LogP contribution in [0.25, 0.3) is 0 Å². The first-order chi connectivity index (χ1) is 8.70. The lowest BCUT2D eigenvalue weighted by molar-refractivity contribution is -0.385. The van der Waals surface area contributed by atoms with Gasteiger partial charge in [-0.05, 0) is 34.5 Å². The first kappa shape index (κ1) is 12.3. The van der Waals surface area contributed by atoms with Crippen molar-refractivity contribution in [1.82, 2.24) is 0 Å².